The van der Waals surface area contributed by atoms with Crippen LogP contribution in [0.4, 0.5) is 0 Å². The molecule has 1 amide bonds. The summed E-state index contributed by atoms with van der Waals surface area (Å²) in [5.41, 5.74) is -0.0279. The summed E-state index contributed by atoms with van der Waals surface area (Å²) in [7, 11) is -3.97. The summed E-state index contributed by atoms with van der Waals surface area (Å²) in [6, 6.07) is 3.76. The van der Waals surface area contributed by atoms with Gasteiger partial charge < -0.3 is 14.4 Å². The fourth-order valence-corrected chi connectivity index (χ4v) is 3.68. The number of nitrogens with two attached hydrogens (primary N) is 1. The van der Waals surface area contributed by atoms with Gasteiger partial charge in [0, 0.05) is 17.6 Å². The molecule has 1 saturated heterocycles. The lowest BCUT2D eigenvalue weighted by Crippen LogP contribution is -2.51. The van der Waals surface area contributed by atoms with E-state index in [1.807, 2.05) is 13.8 Å². The highest BCUT2D eigenvalue weighted by atomic mass is 79.9. The molecule has 144 valence electrons. The average molecular weight is 449 g/mol. The molecule has 26 heavy (non-hydrogen) atoms. The number of hydrogen-bond acceptors (Lipinski definition) is 6. The highest BCUT2D eigenvalue weighted by Gasteiger charge is 2.31. The van der Waals surface area contributed by atoms with Gasteiger partial charge in [0.05, 0.1) is 22.7 Å². The van der Waals surface area contributed by atoms with Crippen molar-refractivity contribution < 1.29 is 27.5 Å². The summed E-state index contributed by atoms with van der Waals surface area (Å²) in [6.45, 7) is 6.03. The summed E-state index contributed by atoms with van der Waals surface area (Å²) >= 11 is 3.17. The smallest absolute Gasteiger partial charge is 0.340 e. The number of rotatable bonds is 4. The van der Waals surface area contributed by atoms with Crippen molar-refractivity contribution in [1.82, 2.24) is 4.90 Å². The van der Waals surface area contributed by atoms with Gasteiger partial charge in [0.2, 0.25) is 10.0 Å². The van der Waals surface area contributed by atoms with E-state index >= 15 is 0 Å². The number of carbonyl (C=O) groups excluding carboxylic acids is 2. The molecule has 1 aliphatic rings. The molecule has 0 aromatic heterocycles. The second kappa shape index (κ2) is 8.03. The van der Waals surface area contributed by atoms with Crippen molar-refractivity contribution >= 4 is 37.8 Å². The van der Waals surface area contributed by atoms with E-state index in [2.05, 4.69) is 15.9 Å². The van der Waals surface area contributed by atoms with Crippen LogP contribution < -0.4 is 5.14 Å². The molecule has 0 aliphatic carbocycles. The molecule has 3 atom stereocenters. The van der Waals surface area contributed by atoms with Crippen LogP contribution in [0.15, 0.2) is 27.6 Å². The molecule has 1 aromatic rings. The van der Waals surface area contributed by atoms with E-state index in [9.17, 15) is 18.0 Å². The van der Waals surface area contributed by atoms with E-state index in [1.54, 1.807) is 4.90 Å². The minimum absolute atomic E-state index is 0.0279. The molecule has 1 aliphatic heterocycles. The number of halogens is 1. The van der Waals surface area contributed by atoms with Gasteiger partial charge in [-0.15, -0.1) is 0 Å². The van der Waals surface area contributed by atoms with Crippen molar-refractivity contribution in [2.75, 3.05) is 13.1 Å². The molecule has 1 aromatic carbocycles. The van der Waals surface area contributed by atoms with E-state index in [-0.39, 0.29) is 28.6 Å². The molecule has 2 N–H and O–H groups in total. The average Bonchev–Trinajstić information content (AvgIpc) is 2.52. The Morgan fingerprint density at radius 2 is 1.88 bits per heavy atom. The van der Waals surface area contributed by atoms with Crippen LogP contribution in [0.25, 0.3) is 0 Å². The zero-order valence-electron chi connectivity index (χ0n) is 14.6. The number of esters is 1. The number of sulfonamides is 1. The van der Waals surface area contributed by atoms with Gasteiger partial charge in [-0.1, -0.05) is 0 Å². The van der Waals surface area contributed by atoms with Crippen LogP contribution in [0.2, 0.25) is 0 Å². The highest BCUT2D eigenvalue weighted by Crippen LogP contribution is 2.22. The number of amides is 1. The van der Waals surface area contributed by atoms with Crippen molar-refractivity contribution in [3.05, 3.63) is 28.2 Å². The van der Waals surface area contributed by atoms with Crippen LogP contribution >= 0.6 is 15.9 Å². The first kappa shape index (κ1) is 20.8. The van der Waals surface area contributed by atoms with Crippen LogP contribution in [-0.2, 0) is 24.3 Å². The number of morpholine rings is 1. The summed E-state index contributed by atoms with van der Waals surface area (Å²) in [5.74, 6) is -1.16. The fraction of sp³-hybridized carbons (Fsp3) is 0.500. The third-order valence-corrected chi connectivity index (χ3v) is 5.45. The Hall–Kier alpha value is -1.49. The zero-order valence-corrected chi connectivity index (χ0v) is 17.0. The number of hydrogen-bond donors (Lipinski definition) is 1. The quantitative estimate of drug-likeness (QED) is 0.693. The molecule has 10 heteroatoms. The van der Waals surface area contributed by atoms with Gasteiger partial charge in [0.1, 0.15) is 0 Å². The summed E-state index contributed by atoms with van der Waals surface area (Å²) in [5, 5.41) is 5.08. The van der Waals surface area contributed by atoms with Crippen molar-refractivity contribution in [1.29, 1.82) is 0 Å². The first-order valence-electron chi connectivity index (χ1n) is 7.96. The molecule has 0 bridgehead atoms. The lowest BCUT2D eigenvalue weighted by Gasteiger charge is -2.36. The Balaban J connectivity index is 2.13. The predicted octanol–water partition coefficient (Wildman–Crippen LogP) is 1.28. The van der Waals surface area contributed by atoms with Crippen molar-refractivity contribution in [2.24, 2.45) is 5.14 Å². The normalized spacial score (nSPS) is 22.0. The Labute approximate surface area is 160 Å². The van der Waals surface area contributed by atoms with Crippen molar-refractivity contribution in [2.45, 2.75) is 44.0 Å². The van der Waals surface area contributed by atoms with E-state index in [1.165, 1.54) is 19.1 Å². The van der Waals surface area contributed by atoms with Crippen molar-refractivity contribution in [3.63, 3.8) is 0 Å². The van der Waals surface area contributed by atoms with Crippen LogP contribution in [0.1, 0.15) is 31.1 Å². The maximum absolute atomic E-state index is 12.5. The van der Waals surface area contributed by atoms with Gasteiger partial charge in [-0.3, -0.25) is 4.79 Å². The SMILES string of the molecule is CC1CN(C(=O)C(C)OC(=O)c2cc(S(N)(=O)=O)ccc2Br)CC(C)O1. The van der Waals surface area contributed by atoms with Gasteiger partial charge in [-0.05, 0) is 54.9 Å². The van der Waals surface area contributed by atoms with Gasteiger partial charge >= 0.3 is 5.97 Å². The number of benzene rings is 1. The number of carbonyl (C=O) groups is 2. The molecular weight excluding hydrogens is 428 g/mol. The van der Waals surface area contributed by atoms with Gasteiger partial charge in [-0.2, -0.15) is 0 Å². The van der Waals surface area contributed by atoms with Crippen LogP contribution in [-0.4, -0.2) is 56.6 Å². The topological polar surface area (TPSA) is 116 Å². The molecule has 1 fully saturated rings. The summed E-state index contributed by atoms with van der Waals surface area (Å²) in [4.78, 5) is 26.3. The fourth-order valence-electron chi connectivity index (χ4n) is 2.73. The number of primary sulfonamides is 1. The highest BCUT2D eigenvalue weighted by molar-refractivity contribution is 9.10. The minimum atomic E-state index is -3.97. The molecular formula is C16H21BrN2O6S. The zero-order chi connectivity index (χ0) is 19.6. The van der Waals surface area contributed by atoms with E-state index in [0.29, 0.717) is 17.6 Å². The second-order valence-corrected chi connectivity index (χ2v) is 8.65. The number of ether oxygens (including phenoxy) is 2. The first-order valence-corrected chi connectivity index (χ1v) is 10.3. The van der Waals surface area contributed by atoms with E-state index in [4.69, 9.17) is 14.6 Å². The van der Waals surface area contributed by atoms with Gasteiger partial charge in [0.25, 0.3) is 5.91 Å². The van der Waals surface area contributed by atoms with Crippen LogP contribution in [0, 0.1) is 0 Å². The maximum atomic E-state index is 12.5. The molecule has 1 heterocycles. The van der Waals surface area contributed by atoms with Gasteiger partial charge in [-0.25, -0.2) is 18.4 Å². The second-order valence-electron chi connectivity index (χ2n) is 6.23. The summed E-state index contributed by atoms with van der Waals surface area (Å²) in [6.07, 6.45) is -1.23. The molecule has 8 nitrogen and oxygen atoms in total. The minimum Gasteiger partial charge on any atom is -0.449 e. The lowest BCUT2D eigenvalue weighted by molar-refractivity contribution is -0.151. The predicted molar refractivity (Wildman–Crippen MR) is 97.0 cm³/mol. The molecule has 0 saturated carbocycles. The molecule has 0 spiro atoms. The first-order chi connectivity index (χ1) is 12.0. The molecule has 3 unspecified atom stereocenters. The molecule has 2 rings (SSSR count). The third-order valence-electron chi connectivity index (χ3n) is 3.85. The van der Waals surface area contributed by atoms with Crippen LogP contribution in [0.3, 0.4) is 0 Å². The largest absolute Gasteiger partial charge is 0.449 e. The van der Waals surface area contributed by atoms with E-state index < -0.39 is 22.1 Å². The van der Waals surface area contributed by atoms with Gasteiger partial charge in [0.15, 0.2) is 6.10 Å². The summed E-state index contributed by atoms with van der Waals surface area (Å²) < 4.78 is 34.1. The number of nitrogens with zero attached hydrogens (tertiary/aromatic N) is 1. The van der Waals surface area contributed by atoms with E-state index in [0.717, 1.165) is 6.07 Å². The monoisotopic (exact) mass is 448 g/mol. The standard InChI is InChI=1S/C16H21BrN2O6S/c1-9-7-19(8-10(2)24-9)15(20)11(3)25-16(21)13-6-12(26(18,22)23)4-5-14(13)17/h4-6,9-11H,7-8H2,1-3H3,(H2,18,22,23). The third kappa shape index (κ3) is 5.03. The Kier molecular flexibility index (Phi) is 6.43. The van der Waals surface area contributed by atoms with Crippen molar-refractivity contribution in [3.8, 4) is 0 Å². The Morgan fingerprint density at radius 1 is 1.31 bits per heavy atom. The van der Waals surface area contributed by atoms with Crippen LogP contribution in [0.5, 0.6) is 0 Å². The maximum Gasteiger partial charge on any atom is 0.340 e. The Bertz CT molecular complexity index is 803. The Morgan fingerprint density at radius 3 is 2.42 bits per heavy atom. The molecule has 0 radical (unpaired) electrons. The lowest BCUT2D eigenvalue weighted by atomic mass is 10.2.